The van der Waals surface area contributed by atoms with Crippen molar-refractivity contribution in [2.45, 2.75) is 32.8 Å². The lowest BCUT2D eigenvalue weighted by Gasteiger charge is -2.21. The second-order valence-corrected chi connectivity index (χ2v) is 5.91. The first kappa shape index (κ1) is 14.9. The largest absolute Gasteiger partial charge is 0.369 e. The third-order valence-corrected chi connectivity index (χ3v) is 4.21. The average Bonchev–Trinajstić information content (AvgIpc) is 2.89. The normalized spacial score (nSPS) is 11.6. The maximum Gasteiger partial charge on any atom is 0.168 e. The fraction of sp³-hybridized carbons (Fsp3) is 0.375. The molecule has 0 aliphatic heterocycles. The first-order valence-corrected chi connectivity index (χ1v) is 7.58. The molecule has 0 saturated heterocycles. The highest BCUT2D eigenvalue weighted by Gasteiger charge is 2.24. The Morgan fingerprint density at radius 2 is 2.00 bits per heavy atom. The first-order valence-electron chi connectivity index (χ1n) is 6.70. The van der Waals surface area contributed by atoms with E-state index < -0.39 is 5.60 Å². The van der Waals surface area contributed by atoms with Crippen molar-refractivity contribution >= 4 is 17.1 Å². The second kappa shape index (κ2) is 6.29. The van der Waals surface area contributed by atoms with Gasteiger partial charge in [-0.2, -0.15) is 0 Å². The van der Waals surface area contributed by atoms with Gasteiger partial charge in [0.05, 0.1) is 12.1 Å². The van der Waals surface area contributed by atoms with Gasteiger partial charge in [0.1, 0.15) is 10.6 Å². The molecule has 1 aromatic carbocycles. The number of ether oxygens (including phenoxy) is 1. The highest BCUT2D eigenvalue weighted by molar-refractivity contribution is 7.09. The summed E-state index contributed by atoms with van der Waals surface area (Å²) < 4.78 is 5.68. The van der Waals surface area contributed by atoms with Crippen molar-refractivity contribution in [2.75, 3.05) is 6.61 Å². The molecule has 20 heavy (non-hydrogen) atoms. The molecule has 0 unspecified atom stereocenters. The van der Waals surface area contributed by atoms with Crippen LogP contribution in [0, 0.1) is 0 Å². The minimum Gasteiger partial charge on any atom is -0.369 e. The molecule has 4 heteroatoms. The van der Waals surface area contributed by atoms with Gasteiger partial charge in [0, 0.05) is 17.6 Å². The minimum absolute atomic E-state index is 0.0941. The van der Waals surface area contributed by atoms with Crippen LogP contribution in [0.15, 0.2) is 35.7 Å². The number of carbonyl (C=O) groups is 1. The third-order valence-electron chi connectivity index (χ3n) is 3.01. The Balaban J connectivity index is 2.09. The Kier molecular flexibility index (Phi) is 4.68. The van der Waals surface area contributed by atoms with Gasteiger partial charge in [0.2, 0.25) is 0 Å². The maximum atomic E-state index is 12.1. The van der Waals surface area contributed by atoms with Gasteiger partial charge in [-0.1, -0.05) is 30.3 Å². The average molecular weight is 289 g/mol. The summed E-state index contributed by atoms with van der Waals surface area (Å²) in [5, 5.41) is 2.85. The lowest BCUT2D eigenvalue weighted by molar-refractivity contribution is -0.0142. The summed E-state index contributed by atoms with van der Waals surface area (Å²) in [6.07, 6.45) is 0.336. The first-order chi connectivity index (χ1) is 9.53. The maximum absolute atomic E-state index is 12.1. The molecule has 0 fully saturated rings. The molecule has 0 amide bonds. The SMILES string of the molecule is CCOC(C)(C)c1nc(CC(=O)c2ccccc2)cs1. The Morgan fingerprint density at radius 3 is 2.65 bits per heavy atom. The predicted octanol–water partition coefficient (Wildman–Crippen LogP) is 3.84. The molecule has 0 N–H and O–H groups in total. The van der Waals surface area contributed by atoms with Gasteiger partial charge in [-0.3, -0.25) is 4.79 Å². The summed E-state index contributed by atoms with van der Waals surface area (Å²) in [5.74, 6) is 0.0941. The molecule has 1 aromatic heterocycles. The molecular weight excluding hydrogens is 270 g/mol. The molecular formula is C16H19NO2S. The molecule has 106 valence electrons. The van der Waals surface area contributed by atoms with Gasteiger partial charge >= 0.3 is 0 Å². The van der Waals surface area contributed by atoms with Crippen molar-refractivity contribution in [1.82, 2.24) is 4.98 Å². The van der Waals surface area contributed by atoms with Crippen LogP contribution in [-0.4, -0.2) is 17.4 Å². The van der Waals surface area contributed by atoms with Crippen molar-refractivity contribution in [3.8, 4) is 0 Å². The monoisotopic (exact) mass is 289 g/mol. The zero-order chi connectivity index (χ0) is 14.6. The summed E-state index contributed by atoms with van der Waals surface area (Å²) >= 11 is 1.55. The van der Waals surface area contributed by atoms with Crippen LogP contribution < -0.4 is 0 Å². The van der Waals surface area contributed by atoms with Crippen LogP contribution in [0.25, 0.3) is 0 Å². The van der Waals surface area contributed by atoms with Gasteiger partial charge < -0.3 is 4.74 Å². The number of ketones is 1. The standard InChI is InChI=1S/C16H19NO2S/c1-4-19-16(2,3)15-17-13(11-20-15)10-14(18)12-8-6-5-7-9-12/h5-9,11H,4,10H2,1-3H3. The quantitative estimate of drug-likeness (QED) is 0.758. The van der Waals surface area contributed by atoms with Crippen LogP contribution in [0.3, 0.4) is 0 Å². The Morgan fingerprint density at radius 1 is 1.30 bits per heavy atom. The van der Waals surface area contributed by atoms with Crippen LogP contribution in [-0.2, 0) is 16.8 Å². The van der Waals surface area contributed by atoms with E-state index in [-0.39, 0.29) is 5.78 Å². The number of benzene rings is 1. The Hall–Kier alpha value is -1.52. The van der Waals surface area contributed by atoms with Crippen molar-refractivity contribution in [2.24, 2.45) is 0 Å². The number of rotatable bonds is 6. The fourth-order valence-corrected chi connectivity index (χ4v) is 2.87. The summed E-state index contributed by atoms with van der Waals surface area (Å²) in [6.45, 7) is 6.61. The van der Waals surface area contributed by atoms with Crippen LogP contribution in [0.4, 0.5) is 0 Å². The van der Waals surface area contributed by atoms with E-state index in [1.54, 1.807) is 11.3 Å². The second-order valence-electron chi connectivity index (χ2n) is 5.05. The molecule has 0 bridgehead atoms. The number of aromatic nitrogens is 1. The molecule has 2 aromatic rings. The number of nitrogens with zero attached hydrogens (tertiary/aromatic N) is 1. The van der Waals surface area contributed by atoms with Crippen LogP contribution >= 0.6 is 11.3 Å². The van der Waals surface area contributed by atoms with Gasteiger partial charge in [0.15, 0.2) is 5.78 Å². The minimum atomic E-state index is -0.395. The molecule has 0 aliphatic rings. The predicted molar refractivity (Wildman–Crippen MR) is 81.2 cm³/mol. The zero-order valence-corrected chi connectivity index (χ0v) is 12.9. The van der Waals surface area contributed by atoms with E-state index in [2.05, 4.69) is 4.98 Å². The molecule has 0 saturated carbocycles. The Bertz CT molecular complexity index is 575. The van der Waals surface area contributed by atoms with E-state index in [1.165, 1.54) is 0 Å². The van der Waals surface area contributed by atoms with E-state index in [4.69, 9.17) is 4.74 Å². The zero-order valence-electron chi connectivity index (χ0n) is 12.1. The number of hydrogen-bond donors (Lipinski definition) is 0. The van der Waals surface area contributed by atoms with Crippen LogP contribution in [0.2, 0.25) is 0 Å². The molecule has 0 atom stereocenters. The van der Waals surface area contributed by atoms with Gasteiger partial charge in [0.25, 0.3) is 0 Å². The van der Waals surface area contributed by atoms with Crippen molar-refractivity contribution in [1.29, 1.82) is 0 Å². The number of hydrogen-bond acceptors (Lipinski definition) is 4. The molecule has 0 radical (unpaired) electrons. The van der Waals surface area contributed by atoms with Crippen molar-refractivity contribution in [3.63, 3.8) is 0 Å². The fourth-order valence-electron chi connectivity index (χ4n) is 1.98. The summed E-state index contributed by atoms with van der Waals surface area (Å²) in [4.78, 5) is 16.7. The van der Waals surface area contributed by atoms with Crippen molar-refractivity contribution in [3.05, 3.63) is 52.0 Å². The number of carbonyl (C=O) groups excluding carboxylic acids is 1. The van der Waals surface area contributed by atoms with Crippen LogP contribution in [0.1, 0.15) is 41.8 Å². The molecule has 3 nitrogen and oxygen atoms in total. The van der Waals surface area contributed by atoms with E-state index in [0.717, 1.165) is 16.3 Å². The number of Topliss-reactive ketones (excluding diaryl/α,β-unsaturated/α-hetero) is 1. The highest BCUT2D eigenvalue weighted by Crippen LogP contribution is 2.28. The third kappa shape index (κ3) is 3.52. The summed E-state index contributed by atoms with van der Waals surface area (Å²) in [7, 11) is 0. The lowest BCUT2D eigenvalue weighted by Crippen LogP contribution is -2.21. The molecule has 0 spiro atoms. The van der Waals surface area contributed by atoms with Gasteiger partial charge in [-0.05, 0) is 20.8 Å². The molecule has 2 rings (SSSR count). The summed E-state index contributed by atoms with van der Waals surface area (Å²) in [6, 6.07) is 9.32. The highest BCUT2D eigenvalue weighted by atomic mass is 32.1. The smallest absolute Gasteiger partial charge is 0.168 e. The van der Waals surface area contributed by atoms with Crippen LogP contribution in [0.5, 0.6) is 0 Å². The van der Waals surface area contributed by atoms with E-state index in [1.807, 2.05) is 56.5 Å². The topological polar surface area (TPSA) is 39.2 Å². The van der Waals surface area contributed by atoms with Gasteiger partial charge in [-0.25, -0.2) is 4.98 Å². The molecule has 1 heterocycles. The van der Waals surface area contributed by atoms with Gasteiger partial charge in [-0.15, -0.1) is 11.3 Å². The lowest BCUT2D eigenvalue weighted by atomic mass is 10.1. The Labute approximate surface area is 123 Å². The molecule has 0 aliphatic carbocycles. The van der Waals surface area contributed by atoms with E-state index in [9.17, 15) is 4.79 Å². The van der Waals surface area contributed by atoms with Crippen molar-refractivity contribution < 1.29 is 9.53 Å². The number of thiazole rings is 1. The van der Waals surface area contributed by atoms with E-state index >= 15 is 0 Å². The van der Waals surface area contributed by atoms with E-state index in [0.29, 0.717) is 13.0 Å². The summed E-state index contributed by atoms with van der Waals surface area (Å²) in [5.41, 5.74) is 1.14.